The van der Waals surface area contributed by atoms with E-state index in [1.807, 2.05) is 0 Å². The first-order chi connectivity index (χ1) is 8.70. The van der Waals surface area contributed by atoms with Crippen LogP contribution in [0.15, 0.2) is 18.2 Å². The first kappa shape index (κ1) is 11.9. The molecule has 2 fully saturated rings. The smallest absolute Gasteiger partial charge is 0.127 e. The second-order valence-corrected chi connectivity index (χ2v) is 5.47. The monoisotopic (exact) mass is 250 g/mol. The van der Waals surface area contributed by atoms with E-state index in [-0.39, 0.29) is 11.6 Å². The molecule has 1 aromatic rings. The normalized spacial score (nSPS) is 28.3. The molecule has 2 aliphatic rings. The van der Waals surface area contributed by atoms with Crippen molar-refractivity contribution in [1.29, 1.82) is 0 Å². The van der Waals surface area contributed by atoms with Crippen molar-refractivity contribution in [3.63, 3.8) is 0 Å². The van der Waals surface area contributed by atoms with Crippen LogP contribution in [0.25, 0.3) is 0 Å². The van der Waals surface area contributed by atoms with Gasteiger partial charge in [-0.05, 0) is 43.0 Å². The molecular weight excluding hydrogens is 231 g/mol. The van der Waals surface area contributed by atoms with Crippen LogP contribution in [-0.2, 0) is 6.54 Å². The summed E-state index contributed by atoms with van der Waals surface area (Å²) in [5.74, 6) is 0.389. The van der Waals surface area contributed by atoms with Crippen molar-refractivity contribution < 1.29 is 9.50 Å². The maximum absolute atomic E-state index is 13.2. The largest absolute Gasteiger partial charge is 0.508 e. The van der Waals surface area contributed by atoms with Crippen LogP contribution >= 0.6 is 0 Å². The Bertz CT molecular complexity index is 404. The van der Waals surface area contributed by atoms with Gasteiger partial charge >= 0.3 is 0 Å². The fourth-order valence-corrected chi connectivity index (χ4v) is 3.25. The standard InChI is InChI=1S/C14H19FN2O/c15-12-4-10(5-13(18)6-12)7-17-8-11-2-1-3-16-14(11)9-17/h4-6,11,14,16,18H,1-3,7-9H2. The van der Waals surface area contributed by atoms with Crippen LogP contribution in [0, 0.1) is 11.7 Å². The van der Waals surface area contributed by atoms with Crippen LogP contribution < -0.4 is 5.32 Å². The third-order valence-corrected chi connectivity index (χ3v) is 4.02. The van der Waals surface area contributed by atoms with Gasteiger partial charge in [0, 0.05) is 31.7 Å². The number of rotatable bonds is 2. The highest BCUT2D eigenvalue weighted by Gasteiger charge is 2.33. The van der Waals surface area contributed by atoms with E-state index < -0.39 is 0 Å². The first-order valence-corrected chi connectivity index (χ1v) is 6.65. The zero-order valence-electron chi connectivity index (χ0n) is 10.4. The molecule has 0 spiro atoms. The molecule has 3 rings (SSSR count). The molecule has 1 aromatic carbocycles. The minimum Gasteiger partial charge on any atom is -0.508 e. The van der Waals surface area contributed by atoms with Gasteiger partial charge in [0.15, 0.2) is 0 Å². The Kier molecular flexibility index (Phi) is 3.22. The lowest BCUT2D eigenvalue weighted by Gasteiger charge is -2.24. The zero-order chi connectivity index (χ0) is 12.5. The van der Waals surface area contributed by atoms with E-state index in [1.54, 1.807) is 6.07 Å². The second-order valence-electron chi connectivity index (χ2n) is 5.47. The van der Waals surface area contributed by atoms with Crippen molar-refractivity contribution in [3.8, 4) is 5.75 Å². The lowest BCUT2D eigenvalue weighted by atomic mass is 9.94. The van der Waals surface area contributed by atoms with Gasteiger partial charge < -0.3 is 10.4 Å². The summed E-state index contributed by atoms with van der Waals surface area (Å²) in [6, 6.07) is 4.91. The summed E-state index contributed by atoms with van der Waals surface area (Å²) < 4.78 is 13.2. The Hall–Kier alpha value is -1.13. The van der Waals surface area contributed by atoms with E-state index in [2.05, 4.69) is 10.2 Å². The highest BCUT2D eigenvalue weighted by molar-refractivity contribution is 5.28. The van der Waals surface area contributed by atoms with Gasteiger partial charge in [-0.1, -0.05) is 0 Å². The number of aromatic hydroxyl groups is 1. The molecule has 98 valence electrons. The minimum absolute atomic E-state index is 0.0136. The van der Waals surface area contributed by atoms with Crippen molar-refractivity contribution in [2.24, 2.45) is 5.92 Å². The molecule has 2 N–H and O–H groups in total. The minimum atomic E-state index is -0.361. The highest BCUT2D eigenvalue weighted by atomic mass is 19.1. The molecule has 0 saturated carbocycles. The molecule has 4 heteroatoms. The van der Waals surface area contributed by atoms with Gasteiger partial charge in [0.1, 0.15) is 11.6 Å². The van der Waals surface area contributed by atoms with E-state index in [4.69, 9.17) is 0 Å². The Morgan fingerprint density at radius 3 is 3.00 bits per heavy atom. The number of hydrogen-bond donors (Lipinski definition) is 2. The zero-order valence-corrected chi connectivity index (χ0v) is 10.4. The quantitative estimate of drug-likeness (QED) is 0.839. The van der Waals surface area contributed by atoms with Gasteiger partial charge in [0.25, 0.3) is 0 Å². The summed E-state index contributed by atoms with van der Waals surface area (Å²) in [5, 5.41) is 13.0. The third-order valence-electron chi connectivity index (χ3n) is 4.02. The molecule has 0 radical (unpaired) electrons. The second kappa shape index (κ2) is 4.86. The molecule has 2 heterocycles. The summed E-state index contributed by atoms with van der Waals surface area (Å²) in [6.07, 6.45) is 2.55. The van der Waals surface area contributed by atoms with Gasteiger partial charge in [0.05, 0.1) is 0 Å². The number of fused-ring (bicyclic) bond motifs is 1. The summed E-state index contributed by atoms with van der Waals surface area (Å²) in [4.78, 5) is 2.35. The molecule has 0 bridgehead atoms. The number of likely N-dealkylation sites (tertiary alicyclic amines) is 1. The molecule has 0 aromatic heterocycles. The summed E-state index contributed by atoms with van der Waals surface area (Å²) in [7, 11) is 0. The predicted molar refractivity (Wildman–Crippen MR) is 67.9 cm³/mol. The van der Waals surface area contributed by atoms with Crippen molar-refractivity contribution in [3.05, 3.63) is 29.6 Å². The highest BCUT2D eigenvalue weighted by Crippen LogP contribution is 2.26. The fraction of sp³-hybridized carbons (Fsp3) is 0.571. The predicted octanol–water partition coefficient (Wildman–Crippen LogP) is 1.72. The van der Waals surface area contributed by atoms with E-state index in [0.717, 1.165) is 43.7 Å². The number of halogens is 1. The van der Waals surface area contributed by atoms with Crippen LogP contribution in [0.3, 0.4) is 0 Å². The summed E-state index contributed by atoms with van der Waals surface area (Å²) in [6.45, 7) is 3.95. The van der Waals surface area contributed by atoms with Gasteiger partial charge in [-0.2, -0.15) is 0 Å². The van der Waals surface area contributed by atoms with E-state index in [0.29, 0.717) is 6.04 Å². The Balaban J connectivity index is 1.66. The molecule has 3 nitrogen and oxygen atoms in total. The Labute approximate surface area is 107 Å². The number of nitrogens with zero attached hydrogens (tertiary/aromatic N) is 1. The number of nitrogens with one attached hydrogen (secondary N) is 1. The van der Waals surface area contributed by atoms with Crippen molar-refractivity contribution in [2.75, 3.05) is 19.6 Å². The average Bonchev–Trinajstić information content (AvgIpc) is 2.69. The third kappa shape index (κ3) is 2.49. The number of phenolic OH excluding ortho intramolecular Hbond substituents is 1. The molecule has 18 heavy (non-hydrogen) atoms. The van der Waals surface area contributed by atoms with E-state index in [1.165, 1.54) is 18.9 Å². The van der Waals surface area contributed by atoms with Gasteiger partial charge in [-0.15, -0.1) is 0 Å². The lowest BCUT2D eigenvalue weighted by molar-refractivity contribution is 0.311. The summed E-state index contributed by atoms with van der Waals surface area (Å²) >= 11 is 0. The van der Waals surface area contributed by atoms with Crippen molar-refractivity contribution in [1.82, 2.24) is 10.2 Å². The molecule has 2 unspecified atom stereocenters. The van der Waals surface area contributed by atoms with Crippen LogP contribution in [0.1, 0.15) is 18.4 Å². The average molecular weight is 250 g/mol. The van der Waals surface area contributed by atoms with Crippen LogP contribution in [0.5, 0.6) is 5.75 Å². The maximum atomic E-state index is 13.2. The van der Waals surface area contributed by atoms with E-state index in [9.17, 15) is 9.50 Å². The maximum Gasteiger partial charge on any atom is 0.127 e. The van der Waals surface area contributed by atoms with Crippen molar-refractivity contribution in [2.45, 2.75) is 25.4 Å². The number of hydrogen-bond acceptors (Lipinski definition) is 3. The number of phenols is 1. The number of benzene rings is 1. The van der Waals surface area contributed by atoms with Gasteiger partial charge in [0.2, 0.25) is 0 Å². The topological polar surface area (TPSA) is 35.5 Å². The summed E-state index contributed by atoms with van der Waals surface area (Å²) in [5.41, 5.74) is 0.853. The SMILES string of the molecule is Oc1cc(F)cc(CN2CC3CCCNC3C2)c1. The molecular formula is C14H19FN2O. The van der Waals surface area contributed by atoms with Crippen molar-refractivity contribution >= 4 is 0 Å². The first-order valence-electron chi connectivity index (χ1n) is 6.65. The van der Waals surface area contributed by atoms with Crippen LogP contribution in [-0.4, -0.2) is 35.7 Å². The van der Waals surface area contributed by atoms with Crippen LogP contribution in [0.4, 0.5) is 4.39 Å². The molecule has 2 aliphatic heterocycles. The van der Waals surface area contributed by atoms with Gasteiger partial charge in [-0.3, -0.25) is 4.90 Å². The Morgan fingerprint density at radius 2 is 2.22 bits per heavy atom. The Morgan fingerprint density at radius 1 is 1.33 bits per heavy atom. The molecule has 2 saturated heterocycles. The van der Waals surface area contributed by atoms with Crippen LogP contribution in [0.2, 0.25) is 0 Å². The molecule has 0 amide bonds. The fourth-order valence-electron chi connectivity index (χ4n) is 3.25. The van der Waals surface area contributed by atoms with Gasteiger partial charge in [-0.25, -0.2) is 4.39 Å². The molecule has 0 aliphatic carbocycles. The lowest BCUT2D eigenvalue weighted by Crippen LogP contribution is -2.40. The number of piperidine rings is 1. The van der Waals surface area contributed by atoms with E-state index >= 15 is 0 Å². The molecule has 2 atom stereocenters.